The summed E-state index contributed by atoms with van der Waals surface area (Å²) in [5, 5.41) is 78.8. The van der Waals surface area contributed by atoms with E-state index in [0.29, 0.717) is 11.1 Å². The molecular formula is C72H105N13O20. The van der Waals surface area contributed by atoms with Gasteiger partial charge in [0.05, 0.1) is 37.5 Å². The molecule has 33 heteroatoms. The molecule has 3 aliphatic rings. The number of fused-ring (bicyclic) bond motifs is 2. The van der Waals surface area contributed by atoms with Crippen molar-refractivity contribution in [3.63, 3.8) is 0 Å². The summed E-state index contributed by atoms with van der Waals surface area (Å²) in [5.41, 5.74) is 5.74. The number of nitrogens with zero attached hydrogens (tertiary/aromatic N) is 3. The lowest BCUT2D eigenvalue weighted by molar-refractivity contribution is -0.162. The molecule has 16 N–H and O–H groups in total. The maximum Gasteiger partial charge on any atom is 0.329 e. The minimum atomic E-state index is -2.48. The first-order valence-corrected chi connectivity index (χ1v) is 35.5. The summed E-state index contributed by atoms with van der Waals surface area (Å²) in [6.07, 6.45) is -8.89. The highest BCUT2D eigenvalue weighted by Gasteiger charge is 2.44. The normalized spacial score (nSPS) is 25.1. The first-order chi connectivity index (χ1) is 49.7. The zero-order valence-electron chi connectivity index (χ0n) is 61.0. The van der Waals surface area contributed by atoms with Crippen molar-refractivity contribution in [3.8, 4) is 0 Å². The van der Waals surface area contributed by atoms with Crippen LogP contribution in [0, 0.1) is 11.8 Å². The average Bonchev–Trinajstić information content (AvgIpc) is 1.76. The van der Waals surface area contributed by atoms with E-state index < -0.39 is 218 Å². The molecule has 2 aromatic carbocycles. The predicted molar refractivity (Wildman–Crippen MR) is 378 cm³/mol. The molecule has 3 heterocycles. The van der Waals surface area contributed by atoms with Gasteiger partial charge in [0.15, 0.2) is 6.10 Å². The third-order valence-corrected chi connectivity index (χ3v) is 18.3. The van der Waals surface area contributed by atoms with Crippen LogP contribution in [0.15, 0.2) is 84.2 Å². The molecule has 0 saturated carbocycles. The Morgan fingerprint density at radius 2 is 1.14 bits per heavy atom. The molecule has 0 bridgehead atoms. The zero-order chi connectivity index (χ0) is 77.9. The van der Waals surface area contributed by atoms with Crippen LogP contribution >= 0.6 is 0 Å². The number of amides is 13. The molecule has 3 saturated heterocycles. The molecule has 0 aliphatic carbocycles. The lowest BCUT2D eigenvalue weighted by Gasteiger charge is -2.34. The van der Waals surface area contributed by atoms with Crippen LogP contribution in [0.2, 0.25) is 0 Å². The molecule has 578 valence electrons. The highest BCUT2D eigenvalue weighted by molar-refractivity contribution is 6.04. The highest BCUT2D eigenvalue weighted by atomic mass is 16.5. The topological polar surface area (TPSA) is 493 Å². The Hall–Kier alpha value is -9.70. The van der Waals surface area contributed by atoms with Gasteiger partial charge in [0, 0.05) is 52.7 Å². The molecule has 0 aromatic heterocycles. The van der Waals surface area contributed by atoms with Gasteiger partial charge in [-0.15, -0.1) is 0 Å². The van der Waals surface area contributed by atoms with Gasteiger partial charge in [-0.1, -0.05) is 101 Å². The van der Waals surface area contributed by atoms with Crippen LogP contribution in [-0.2, 0) is 84.7 Å². The summed E-state index contributed by atoms with van der Waals surface area (Å²) in [4.78, 5) is 202. The molecule has 3 aliphatic heterocycles. The van der Waals surface area contributed by atoms with Gasteiger partial charge in [-0.25, -0.2) is 4.79 Å². The van der Waals surface area contributed by atoms with Crippen molar-refractivity contribution in [3.05, 3.63) is 95.3 Å². The van der Waals surface area contributed by atoms with E-state index >= 15 is 9.59 Å². The SMILES string of the molecule is C/C=C1\NC(=O)[C@H](Cc2ccccc2)NC(=O)[C@@H]2CCCN2C(=O)CNC(=O)[C@H](CCC(N)=O)NC(=O)C(O)C(C[C@H](CC(O)C(O)CC(C)C)OC(=O)[C@H](CC(C)C)N(C)C(C)=O)NC(=O)[C@@H]2CCCN2C(=O)[C@H](CCc2ccccc2)NC(=O)C(C(C)O)NC(=O)/C(=C\C)NC(=O)[C@H](CO)NC1=O. The van der Waals surface area contributed by atoms with Crippen molar-refractivity contribution in [2.24, 2.45) is 17.6 Å². The number of hydrogen-bond acceptors (Lipinski definition) is 20. The third kappa shape index (κ3) is 26.1. The van der Waals surface area contributed by atoms with Crippen LogP contribution < -0.4 is 53.6 Å². The second-order valence-corrected chi connectivity index (χ2v) is 27.5. The van der Waals surface area contributed by atoms with Gasteiger partial charge in [0.1, 0.15) is 65.8 Å². The third-order valence-electron chi connectivity index (χ3n) is 18.3. The molecule has 2 aromatic rings. The molecular weight excluding hydrogens is 1370 g/mol. The number of allylic oxidation sites excluding steroid dienone is 2. The Kier molecular flexibility index (Phi) is 34.1. The van der Waals surface area contributed by atoms with Crippen LogP contribution in [0.1, 0.15) is 137 Å². The van der Waals surface area contributed by atoms with Crippen molar-refractivity contribution in [2.45, 2.75) is 224 Å². The number of nitrogens with two attached hydrogens (primary N) is 1. The maximum absolute atomic E-state index is 15.2. The van der Waals surface area contributed by atoms with E-state index in [1.165, 1.54) is 27.8 Å². The molecule has 14 atom stereocenters. The molecule has 6 unspecified atom stereocenters. The Morgan fingerprint density at radius 3 is 1.70 bits per heavy atom. The number of benzene rings is 2. The van der Waals surface area contributed by atoms with Crippen molar-refractivity contribution in [1.82, 2.24) is 62.6 Å². The lowest BCUT2D eigenvalue weighted by atomic mass is 9.93. The number of ether oxygens (including phenoxy) is 1. The Morgan fingerprint density at radius 1 is 0.619 bits per heavy atom. The number of nitrogens with one attached hydrogen (secondary N) is 9. The second kappa shape index (κ2) is 41.7. The number of esters is 1. The number of carbonyl (C=O) groups is 14. The smallest absolute Gasteiger partial charge is 0.329 e. The first-order valence-electron chi connectivity index (χ1n) is 35.5. The second-order valence-electron chi connectivity index (χ2n) is 27.5. The number of rotatable bonds is 22. The number of likely N-dealkylation sites (N-methyl/N-ethyl adjacent to an activating group) is 1. The lowest BCUT2D eigenvalue weighted by Crippen LogP contribution is -2.61. The fourth-order valence-corrected chi connectivity index (χ4v) is 12.4. The number of carbonyl (C=O) groups excluding carboxylic acids is 14. The fraction of sp³-hybridized carbons (Fsp3) is 0.583. The first kappa shape index (κ1) is 85.9. The molecule has 5 rings (SSSR count). The van der Waals surface area contributed by atoms with Gasteiger partial charge in [0.25, 0.3) is 17.7 Å². The van der Waals surface area contributed by atoms with Gasteiger partial charge < -0.3 is 98.6 Å². The van der Waals surface area contributed by atoms with Crippen LogP contribution in [0.4, 0.5) is 0 Å². The monoisotopic (exact) mass is 1470 g/mol. The minimum absolute atomic E-state index is 0.0252. The maximum atomic E-state index is 15.2. The summed E-state index contributed by atoms with van der Waals surface area (Å²) in [5.74, 6) is -14.5. The molecule has 13 amide bonds. The summed E-state index contributed by atoms with van der Waals surface area (Å²) >= 11 is 0. The van der Waals surface area contributed by atoms with Crippen molar-refractivity contribution < 1.29 is 97.4 Å². The minimum Gasteiger partial charge on any atom is -0.461 e. The van der Waals surface area contributed by atoms with Gasteiger partial charge in [-0.2, -0.15) is 0 Å². The number of primary amides is 1. The summed E-state index contributed by atoms with van der Waals surface area (Å²) < 4.78 is 6.07. The molecule has 33 nitrogen and oxygen atoms in total. The van der Waals surface area contributed by atoms with Gasteiger partial charge >= 0.3 is 5.97 Å². The van der Waals surface area contributed by atoms with E-state index in [-0.39, 0.29) is 82.7 Å². The summed E-state index contributed by atoms with van der Waals surface area (Å²) in [6.45, 7) is 10.1. The van der Waals surface area contributed by atoms with E-state index in [1.807, 2.05) is 0 Å². The molecule has 0 radical (unpaired) electrons. The fourth-order valence-electron chi connectivity index (χ4n) is 12.4. The van der Waals surface area contributed by atoms with E-state index in [2.05, 4.69) is 47.9 Å². The number of aliphatic hydroxyl groups excluding tert-OH is 5. The van der Waals surface area contributed by atoms with Crippen LogP contribution in [0.25, 0.3) is 0 Å². The van der Waals surface area contributed by atoms with Crippen LogP contribution in [-0.4, -0.2) is 241 Å². The van der Waals surface area contributed by atoms with Crippen molar-refractivity contribution >= 4 is 82.8 Å². The van der Waals surface area contributed by atoms with E-state index in [4.69, 9.17) is 10.5 Å². The summed E-state index contributed by atoms with van der Waals surface area (Å²) in [6, 6.07) is 2.65. The van der Waals surface area contributed by atoms with Gasteiger partial charge in [-0.05, 0) is 102 Å². The van der Waals surface area contributed by atoms with Crippen LogP contribution in [0.3, 0.4) is 0 Å². The van der Waals surface area contributed by atoms with Gasteiger partial charge in [0.2, 0.25) is 59.1 Å². The summed E-state index contributed by atoms with van der Waals surface area (Å²) in [7, 11) is 1.36. The Balaban J connectivity index is 1.65. The predicted octanol–water partition coefficient (Wildman–Crippen LogP) is -2.73. The molecule has 0 spiro atoms. The Labute approximate surface area is 610 Å². The largest absolute Gasteiger partial charge is 0.461 e. The van der Waals surface area contributed by atoms with Gasteiger partial charge in [-0.3, -0.25) is 62.3 Å². The number of hydrogen-bond donors (Lipinski definition) is 15. The van der Waals surface area contributed by atoms with Crippen molar-refractivity contribution in [2.75, 3.05) is 33.3 Å². The number of aliphatic hydroxyl groups is 5. The molecule has 105 heavy (non-hydrogen) atoms. The Bertz CT molecular complexity index is 3450. The van der Waals surface area contributed by atoms with E-state index in [9.17, 15) is 83.1 Å². The quantitative estimate of drug-likeness (QED) is 0.0420. The molecule has 3 fully saturated rings. The number of aryl methyl sites for hydroxylation is 1. The van der Waals surface area contributed by atoms with Crippen molar-refractivity contribution in [1.29, 1.82) is 0 Å². The van der Waals surface area contributed by atoms with E-state index in [0.717, 1.165) is 33.8 Å². The standard InChI is InChI=1S/C72H105N13O20/c1-10-46-63(95)81-52(38-86)66(98)76-47(11-2)64(96)82-60(41(7)87)69(101)78-49(27-26-43-20-14-12-15-21-43)71(103)85-31-19-25-54(85)68(100)79-50(35-45(36-57(90)56(89)33-40(5)6)105-72(104)55(32-39(3)4)83(9)42(8)88)61(93)70(102)77-48(28-29-58(73)91)62(94)74-37-59(92)84-30-18-24-53(84)67(99)80-51(65(97)75-46)34-44-22-16-13-17-23-44/h10-17,20-23,39-41,45,48-57,60-61,86-87,89-90,93H,18-19,24-38H2,1-9H3,(H2,73,91)(H,74,94)(H,75,97)(H,76,98)(H,77,102)(H,78,101)(H,79,100)(H,80,99)(H,81,95)(H,82,96)/b46-10-,47-11+/t41?,45-,48+,49+,50?,51+,52+,53+,54+,55+,56?,57?,60?,61?/m1/s1. The van der Waals surface area contributed by atoms with Crippen LogP contribution in [0.5, 0.6) is 0 Å². The van der Waals surface area contributed by atoms with E-state index in [1.54, 1.807) is 88.4 Å². The average molecular weight is 1470 g/mol. The highest BCUT2D eigenvalue weighted by Crippen LogP contribution is 2.26. The zero-order valence-corrected chi connectivity index (χ0v) is 61.0.